The molecule has 6 nitrogen and oxygen atoms in total. The van der Waals surface area contributed by atoms with Crippen molar-refractivity contribution in [2.24, 2.45) is 0 Å². The number of carbonyl (C=O) groups excluding carboxylic acids is 3. The topological polar surface area (TPSA) is 89.9 Å². The maximum atomic E-state index is 11.7. The van der Waals surface area contributed by atoms with Crippen LogP contribution in [0.1, 0.15) is 51.8 Å². The Balaban J connectivity index is 3.38. The molecule has 0 amide bonds. The van der Waals surface area contributed by atoms with Gasteiger partial charge in [0.05, 0.1) is 24.3 Å². The van der Waals surface area contributed by atoms with Crippen LogP contribution in [0.15, 0.2) is 12.1 Å². The van der Waals surface area contributed by atoms with Crippen molar-refractivity contribution in [1.82, 2.24) is 0 Å². The Kier molecular flexibility index (Phi) is 5.25. The zero-order valence-electron chi connectivity index (χ0n) is 11.6. The van der Waals surface area contributed by atoms with Crippen molar-refractivity contribution >= 4 is 17.7 Å². The number of carbonyl (C=O) groups is 3. The number of esters is 2. The first-order valence-electron chi connectivity index (χ1n) is 6.14. The lowest BCUT2D eigenvalue weighted by molar-refractivity contribution is 0.0522. The molecule has 20 heavy (non-hydrogen) atoms. The second-order valence-electron chi connectivity index (χ2n) is 3.92. The summed E-state index contributed by atoms with van der Waals surface area (Å²) in [5, 5.41) is 9.92. The Bertz CT molecular complexity index is 547. The van der Waals surface area contributed by atoms with Crippen LogP contribution in [0, 0.1) is 0 Å². The van der Waals surface area contributed by atoms with Crippen LogP contribution in [0.5, 0.6) is 5.75 Å². The van der Waals surface area contributed by atoms with Crippen LogP contribution in [0.4, 0.5) is 0 Å². The van der Waals surface area contributed by atoms with E-state index >= 15 is 0 Å². The van der Waals surface area contributed by atoms with Crippen LogP contribution in [-0.4, -0.2) is 36.0 Å². The fourth-order valence-corrected chi connectivity index (χ4v) is 1.60. The molecule has 0 fully saturated rings. The van der Waals surface area contributed by atoms with Crippen molar-refractivity contribution in [2.75, 3.05) is 13.2 Å². The molecule has 0 saturated carbocycles. The number of hydrogen-bond acceptors (Lipinski definition) is 6. The number of ketones is 1. The van der Waals surface area contributed by atoms with Crippen molar-refractivity contribution in [3.8, 4) is 5.75 Å². The van der Waals surface area contributed by atoms with E-state index < -0.39 is 23.5 Å². The molecular formula is C14H16O6. The maximum absolute atomic E-state index is 11.7. The van der Waals surface area contributed by atoms with E-state index in [-0.39, 0.29) is 29.9 Å². The van der Waals surface area contributed by atoms with E-state index in [0.29, 0.717) is 0 Å². The predicted octanol–water partition coefficient (Wildman–Crippen LogP) is 1.95. The molecule has 0 unspecified atom stereocenters. The number of ether oxygens (including phenoxy) is 2. The van der Waals surface area contributed by atoms with Gasteiger partial charge in [-0.2, -0.15) is 0 Å². The van der Waals surface area contributed by atoms with Crippen LogP contribution >= 0.6 is 0 Å². The van der Waals surface area contributed by atoms with Crippen LogP contribution in [0.3, 0.4) is 0 Å². The first-order chi connectivity index (χ1) is 9.42. The third kappa shape index (κ3) is 3.34. The van der Waals surface area contributed by atoms with Crippen molar-refractivity contribution in [2.45, 2.75) is 20.8 Å². The predicted molar refractivity (Wildman–Crippen MR) is 70.0 cm³/mol. The standard InChI is InChI=1S/C14H16O6/c1-4-19-13(17)9-6-10(8(3)15)12(16)11(7-9)14(18)20-5-2/h6-7,16H,4-5H2,1-3H3. The number of Topliss-reactive ketones (excluding diaryl/α,β-unsaturated/α-hetero) is 1. The van der Waals surface area contributed by atoms with Crippen molar-refractivity contribution < 1.29 is 29.0 Å². The summed E-state index contributed by atoms with van der Waals surface area (Å²) in [6.07, 6.45) is 0. The molecule has 6 heteroatoms. The first kappa shape index (κ1) is 15.7. The molecule has 108 valence electrons. The monoisotopic (exact) mass is 280 g/mol. The molecular weight excluding hydrogens is 264 g/mol. The first-order valence-corrected chi connectivity index (χ1v) is 6.14. The lowest BCUT2D eigenvalue weighted by atomic mass is 10.0. The van der Waals surface area contributed by atoms with Crippen molar-refractivity contribution in [1.29, 1.82) is 0 Å². The normalized spacial score (nSPS) is 9.95. The Morgan fingerprint density at radius 2 is 1.50 bits per heavy atom. The highest BCUT2D eigenvalue weighted by Crippen LogP contribution is 2.26. The van der Waals surface area contributed by atoms with E-state index in [1.54, 1.807) is 13.8 Å². The highest BCUT2D eigenvalue weighted by molar-refractivity contribution is 6.05. The van der Waals surface area contributed by atoms with Crippen LogP contribution in [-0.2, 0) is 9.47 Å². The number of rotatable bonds is 5. The second-order valence-corrected chi connectivity index (χ2v) is 3.92. The minimum atomic E-state index is -0.807. The Morgan fingerprint density at radius 3 is 2.00 bits per heavy atom. The van der Waals surface area contributed by atoms with E-state index in [1.165, 1.54) is 13.0 Å². The van der Waals surface area contributed by atoms with Crippen LogP contribution in [0.25, 0.3) is 0 Å². The molecule has 0 radical (unpaired) electrons. The van der Waals surface area contributed by atoms with E-state index in [9.17, 15) is 19.5 Å². The van der Waals surface area contributed by atoms with Crippen LogP contribution in [0.2, 0.25) is 0 Å². The molecule has 0 spiro atoms. The van der Waals surface area contributed by atoms with Gasteiger partial charge in [0.1, 0.15) is 11.3 Å². The minimum Gasteiger partial charge on any atom is -0.506 e. The van der Waals surface area contributed by atoms with E-state index in [1.807, 2.05) is 0 Å². The van der Waals surface area contributed by atoms with Crippen molar-refractivity contribution in [3.63, 3.8) is 0 Å². The third-order valence-corrected chi connectivity index (χ3v) is 2.50. The molecule has 0 saturated heterocycles. The molecule has 1 aromatic carbocycles. The third-order valence-electron chi connectivity index (χ3n) is 2.50. The van der Waals surface area contributed by atoms with E-state index in [2.05, 4.69) is 0 Å². The quantitative estimate of drug-likeness (QED) is 0.655. The molecule has 0 aliphatic rings. The molecule has 0 bridgehead atoms. The fraction of sp³-hybridized carbons (Fsp3) is 0.357. The number of hydrogen-bond donors (Lipinski definition) is 1. The molecule has 1 rings (SSSR count). The summed E-state index contributed by atoms with van der Waals surface area (Å²) >= 11 is 0. The van der Waals surface area contributed by atoms with Crippen molar-refractivity contribution in [3.05, 3.63) is 28.8 Å². The van der Waals surface area contributed by atoms with Gasteiger partial charge in [0, 0.05) is 0 Å². The van der Waals surface area contributed by atoms with Gasteiger partial charge >= 0.3 is 11.9 Å². The van der Waals surface area contributed by atoms with Gasteiger partial charge in [-0.25, -0.2) is 9.59 Å². The Morgan fingerprint density at radius 1 is 1.00 bits per heavy atom. The molecule has 0 aliphatic heterocycles. The summed E-state index contributed by atoms with van der Waals surface area (Å²) in [6, 6.07) is 2.34. The number of phenolic OH excluding ortho intramolecular Hbond substituents is 1. The Labute approximate surface area is 116 Å². The van der Waals surface area contributed by atoms with E-state index in [4.69, 9.17) is 9.47 Å². The maximum Gasteiger partial charge on any atom is 0.341 e. The van der Waals surface area contributed by atoms with Gasteiger partial charge in [0.2, 0.25) is 0 Å². The molecule has 0 aliphatic carbocycles. The number of phenols is 1. The average molecular weight is 280 g/mol. The van der Waals surface area contributed by atoms with Gasteiger partial charge in [0.25, 0.3) is 0 Å². The van der Waals surface area contributed by atoms with Gasteiger partial charge in [-0.1, -0.05) is 0 Å². The Hall–Kier alpha value is -2.37. The summed E-state index contributed by atoms with van der Waals surface area (Å²) in [4.78, 5) is 34.9. The minimum absolute atomic E-state index is 0.0119. The molecule has 0 heterocycles. The molecule has 1 aromatic rings. The summed E-state index contributed by atoms with van der Waals surface area (Å²) in [5.74, 6) is -2.46. The van der Waals surface area contributed by atoms with Crippen LogP contribution < -0.4 is 0 Å². The highest BCUT2D eigenvalue weighted by atomic mass is 16.5. The lowest BCUT2D eigenvalue weighted by Crippen LogP contribution is -2.12. The number of aromatic hydroxyl groups is 1. The van der Waals surface area contributed by atoms with Gasteiger partial charge in [-0.05, 0) is 32.9 Å². The van der Waals surface area contributed by atoms with Gasteiger partial charge in [-0.3, -0.25) is 4.79 Å². The second kappa shape index (κ2) is 6.70. The van der Waals surface area contributed by atoms with E-state index in [0.717, 1.165) is 6.07 Å². The molecule has 0 aromatic heterocycles. The largest absolute Gasteiger partial charge is 0.506 e. The van der Waals surface area contributed by atoms with Gasteiger partial charge in [-0.15, -0.1) is 0 Å². The number of benzene rings is 1. The highest BCUT2D eigenvalue weighted by Gasteiger charge is 2.22. The zero-order valence-corrected chi connectivity index (χ0v) is 11.6. The zero-order chi connectivity index (χ0) is 15.3. The smallest absolute Gasteiger partial charge is 0.341 e. The average Bonchev–Trinajstić information content (AvgIpc) is 2.39. The molecule has 1 N–H and O–H groups in total. The summed E-state index contributed by atoms with van der Waals surface area (Å²) in [6.45, 7) is 4.73. The lowest BCUT2D eigenvalue weighted by Gasteiger charge is -2.10. The fourth-order valence-electron chi connectivity index (χ4n) is 1.60. The van der Waals surface area contributed by atoms with Gasteiger partial charge in [0.15, 0.2) is 5.78 Å². The SMILES string of the molecule is CCOC(=O)c1cc(C(C)=O)c(O)c(C(=O)OCC)c1. The summed E-state index contributed by atoms with van der Waals surface area (Å²) < 4.78 is 9.59. The van der Waals surface area contributed by atoms with Gasteiger partial charge < -0.3 is 14.6 Å². The summed E-state index contributed by atoms with van der Waals surface area (Å²) in [5.41, 5.74) is -0.348. The molecule has 0 atom stereocenters. The summed E-state index contributed by atoms with van der Waals surface area (Å²) in [7, 11) is 0.